The molecule has 1 rings (SSSR count). The molecule has 0 heterocycles. The van der Waals surface area contributed by atoms with Crippen molar-refractivity contribution < 1.29 is 4.79 Å². The quantitative estimate of drug-likeness (QED) is 0.387. The fourth-order valence-electron chi connectivity index (χ4n) is 2.33. The minimum absolute atomic E-state index is 0.180. The molecule has 0 aromatic carbocycles. The molecule has 0 saturated heterocycles. The van der Waals surface area contributed by atoms with Gasteiger partial charge in [-0.15, -0.1) is 0 Å². The Balaban J connectivity index is 2.36. The van der Waals surface area contributed by atoms with Gasteiger partial charge in [0.1, 0.15) is 5.70 Å². The second-order valence-electron chi connectivity index (χ2n) is 5.17. The number of carbonyl (C=O) groups is 1. The number of hydrogen-bond acceptors (Lipinski definition) is 4. The van der Waals surface area contributed by atoms with Gasteiger partial charge in [-0.1, -0.05) is 19.8 Å². The summed E-state index contributed by atoms with van der Waals surface area (Å²) in [6.07, 6.45) is 6.18. The van der Waals surface area contributed by atoms with Gasteiger partial charge in [-0.05, 0) is 31.6 Å². The Morgan fingerprint density at radius 2 is 2.00 bits per heavy atom. The molecule has 1 fully saturated rings. The summed E-state index contributed by atoms with van der Waals surface area (Å²) in [4.78, 5) is 11.9. The van der Waals surface area contributed by atoms with Crippen molar-refractivity contribution in [3.05, 3.63) is 11.9 Å². The molecule has 0 aliphatic heterocycles. The van der Waals surface area contributed by atoms with E-state index in [-0.39, 0.29) is 5.91 Å². The van der Waals surface area contributed by atoms with Gasteiger partial charge in [-0.3, -0.25) is 4.79 Å². The van der Waals surface area contributed by atoms with Crippen LogP contribution in [0.5, 0.6) is 0 Å². The number of hydrazine groups is 1. The standard InChI is InChI=1S/C13H26N4O/c1-3-17(15)12(8-14)13(18)16-9-11-6-4-10(2)5-7-11/h8,10-11H,3-7,9,14-15H2,1-2H3,(H,16,18)/b12-8-/t10-,11-. The van der Waals surface area contributed by atoms with Crippen LogP contribution in [-0.4, -0.2) is 24.0 Å². The summed E-state index contributed by atoms with van der Waals surface area (Å²) in [5, 5.41) is 4.28. The van der Waals surface area contributed by atoms with Crippen LogP contribution in [0.1, 0.15) is 39.5 Å². The van der Waals surface area contributed by atoms with E-state index in [9.17, 15) is 4.79 Å². The highest BCUT2D eigenvalue weighted by Crippen LogP contribution is 2.27. The first kappa shape index (κ1) is 14.8. The number of nitrogens with one attached hydrogen (secondary N) is 1. The maximum absolute atomic E-state index is 11.9. The number of likely N-dealkylation sites (N-methyl/N-ethyl adjacent to an activating group) is 1. The molecule has 1 amide bonds. The zero-order chi connectivity index (χ0) is 13.5. The van der Waals surface area contributed by atoms with E-state index >= 15 is 0 Å². The van der Waals surface area contributed by atoms with Crippen molar-refractivity contribution in [2.24, 2.45) is 23.4 Å². The van der Waals surface area contributed by atoms with Crippen molar-refractivity contribution in [1.29, 1.82) is 0 Å². The molecular formula is C13H26N4O. The summed E-state index contributed by atoms with van der Waals surface area (Å²) >= 11 is 0. The van der Waals surface area contributed by atoms with E-state index in [0.717, 1.165) is 12.5 Å². The van der Waals surface area contributed by atoms with E-state index in [1.165, 1.54) is 36.9 Å². The van der Waals surface area contributed by atoms with Crippen LogP contribution in [0, 0.1) is 11.8 Å². The molecule has 104 valence electrons. The van der Waals surface area contributed by atoms with Gasteiger partial charge < -0.3 is 16.1 Å². The fraction of sp³-hybridized carbons (Fsp3) is 0.769. The molecule has 18 heavy (non-hydrogen) atoms. The molecule has 1 aliphatic carbocycles. The summed E-state index contributed by atoms with van der Waals surface area (Å²) in [7, 11) is 0. The summed E-state index contributed by atoms with van der Waals surface area (Å²) < 4.78 is 0. The van der Waals surface area contributed by atoms with Gasteiger partial charge >= 0.3 is 0 Å². The molecule has 0 bridgehead atoms. The fourth-order valence-corrected chi connectivity index (χ4v) is 2.33. The number of nitrogens with zero attached hydrogens (tertiary/aromatic N) is 1. The van der Waals surface area contributed by atoms with Crippen molar-refractivity contribution in [2.45, 2.75) is 39.5 Å². The summed E-state index contributed by atoms with van der Waals surface area (Å²) in [6, 6.07) is 0. The van der Waals surface area contributed by atoms with Crippen LogP contribution in [0.25, 0.3) is 0 Å². The van der Waals surface area contributed by atoms with E-state index < -0.39 is 0 Å². The highest BCUT2D eigenvalue weighted by Gasteiger charge is 2.20. The molecular weight excluding hydrogens is 228 g/mol. The average Bonchev–Trinajstić information content (AvgIpc) is 2.38. The lowest BCUT2D eigenvalue weighted by Crippen LogP contribution is -2.41. The van der Waals surface area contributed by atoms with Gasteiger partial charge in [-0.2, -0.15) is 0 Å². The van der Waals surface area contributed by atoms with Gasteiger partial charge in [0.2, 0.25) is 0 Å². The molecule has 0 spiro atoms. The lowest BCUT2D eigenvalue weighted by atomic mass is 9.83. The maximum Gasteiger partial charge on any atom is 0.270 e. The number of hydrogen-bond donors (Lipinski definition) is 3. The molecule has 0 aromatic heterocycles. The van der Waals surface area contributed by atoms with Gasteiger partial charge in [0.15, 0.2) is 0 Å². The lowest BCUT2D eigenvalue weighted by molar-refractivity contribution is -0.119. The number of amides is 1. The molecule has 0 atom stereocenters. The topological polar surface area (TPSA) is 84.4 Å². The Hall–Kier alpha value is -1.23. The minimum atomic E-state index is -0.180. The van der Waals surface area contributed by atoms with E-state index in [1.807, 2.05) is 6.92 Å². The van der Waals surface area contributed by atoms with Gasteiger partial charge in [0.05, 0.1) is 0 Å². The van der Waals surface area contributed by atoms with Gasteiger partial charge in [0.25, 0.3) is 5.91 Å². The van der Waals surface area contributed by atoms with Crippen LogP contribution >= 0.6 is 0 Å². The number of nitrogens with two attached hydrogens (primary N) is 2. The van der Waals surface area contributed by atoms with E-state index in [0.29, 0.717) is 18.2 Å². The molecule has 1 aliphatic rings. The van der Waals surface area contributed by atoms with Crippen LogP contribution in [-0.2, 0) is 4.79 Å². The monoisotopic (exact) mass is 254 g/mol. The maximum atomic E-state index is 11.9. The largest absolute Gasteiger partial charge is 0.403 e. The first-order chi connectivity index (χ1) is 8.58. The summed E-state index contributed by atoms with van der Waals surface area (Å²) in [6.45, 7) is 5.44. The van der Waals surface area contributed by atoms with Crippen LogP contribution < -0.4 is 16.9 Å². The normalized spacial score (nSPS) is 24.7. The number of carbonyl (C=O) groups excluding carboxylic acids is 1. The molecule has 0 unspecified atom stereocenters. The highest BCUT2D eigenvalue weighted by molar-refractivity contribution is 5.92. The van der Waals surface area contributed by atoms with Gasteiger partial charge in [-0.25, -0.2) is 5.84 Å². The first-order valence-electron chi connectivity index (χ1n) is 6.80. The second kappa shape index (κ2) is 7.26. The van der Waals surface area contributed by atoms with Gasteiger partial charge in [0, 0.05) is 19.3 Å². The third-order valence-electron chi connectivity index (χ3n) is 3.73. The Bertz CT molecular complexity index is 295. The van der Waals surface area contributed by atoms with Crippen molar-refractivity contribution in [2.75, 3.05) is 13.1 Å². The third-order valence-corrected chi connectivity index (χ3v) is 3.73. The Labute approximate surface area is 110 Å². The molecule has 5 heteroatoms. The zero-order valence-corrected chi connectivity index (χ0v) is 11.5. The Morgan fingerprint density at radius 3 is 2.50 bits per heavy atom. The summed E-state index contributed by atoms with van der Waals surface area (Å²) in [5.41, 5.74) is 5.77. The summed E-state index contributed by atoms with van der Waals surface area (Å²) in [5.74, 6) is 6.92. The number of rotatable bonds is 5. The molecule has 5 N–H and O–H groups in total. The van der Waals surface area contributed by atoms with Crippen LogP contribution in [0.3, 0.4) is 0 Å². The predicted octanol–water partition coefficient (Wildman–Crippen LogP) is 0.925. The average molecular weight is 254 g/mol. The van der Waals surface area contributed by atoms with Crippen molar-refractivity contribution in [3.8, 4) is 0 Å². The Kier molecular flexibility index (Phi) is 5.98. The van der Waals surface area contributed by atoms with E-state index in [2.05, 4.69) is 12.2 Å². The van der Waals surface area contributed by atoms with E-state index in [1.54, 1.807) is 0 Å². The molecule has 0 aromatic rings. The van der Waals surface area contributed by atoms with Crippen molar-refractivity contribution >= 4 is 5.91 Å². The smallest absolute Gasteiger partial charge is 0.270 e. The molecule has 1 saturated carbocycles. The van der Waals surface area contributed by atoms with Crippen LogP contribution in [0.15, 0.2) is 11.9 Å². The third kappa shape index (κ3) is 4.22. The predicted molar refractivity (Wildman–Crippen MR) is 73.0 cm³/mol. The zero-order valence-electron chi connectivity index (χ0n) is 11.5. The SMILES string of the molecule is CCN(N)/C(=C\N)C(=O)NC[C@H]1CC[C@H](C)CC1. The first-order valence-corrected chi connectivity index (χ1v) is 6.80. The van der Waals surface area contributed by atoms with Crippen LogP contribution in [0.2, 0.25) is 0 Å². The van der Waals surface area contributed by atoms with E-state index in [4.69, 9.17) is 11.6 Å². The second-order valence-corrected chi connectivity index (χ2v) is 5.17. The minimum Gasteiger partial charge on any atom is -0.403 e. The highest BCUT2D eigenvalue weighted by atomic mass is 16.2. The van der Waals surface area contributed by atoms with Crippen molar-refractivity contribution in [3.63, 3.8) is 0 Å². The lowest BCUT2D eigenvalue weighted by Gasteiger charge is -2.27. The van der Waals surface area contributed by atoms with Crippen molar-refractivity contribution in [1.82, 2.24) is 10.3 Å². The van der Waals surface area contributed by atoms with Crippen LogP contribution in [0.4, 0.5) is 0 Å². The molecule has 0 radical (unpaired) electrons. The Morgan fingerprint density at radius 1 is 1.39 bits per heavy atom. The molecule has 5 nitrogen and oxygen atoms in total.